The molecule has 0 unspecified atom stereocenters. The lowest BCUT2D eigenvalue weighted by Crippen LogP contribution is -2.32. The highest BCUT2D eigenvalue weighted by atomic mass is 16.4. The molecule has 2 aliphatic heterocycles. The average Bonchev–Trinajstić information content (AvgIpc) is 3.67. The number of carboxylic acids is 2. The van der Waals surface area contributed by atoms with Gasteiger partial charge in [0.05, 0.1) is 23.2 Å². The summed E-state index contributed by atoms with van der Waals surface area (Å²) < 4.78 is 0. The Morgan fingerprint density at radius 3 is 1.57 bits per heavy atom. The van der Waals surface area contributed by atoms with Gasteiger partial charge >= 0.3 is 11.9 Å². The molecule has 0 spiro atoms. The fourth-order valence-electron chi connectivity index (χ4n) is 6.60. The van der Waals surface area contributed by atoms with Crippen molar-refractivity contribution in [3.8, 4) is 0 Å². The molecule has 0 aliphatic carbocycles. The third-order valence-corrected chi connectivity index (χ3v) is 9.56. The molecule has 10 heteroatoms. The predicted molar refractivity (Wildman–Crippen MR) is 209 cm³/mol. The maximum absolute atomic E-state index is 12.2. The van der Waals surface area contributed by atoms with Gasteiger partial charge in [-0.15, -0.1) is 0 Å². The third kappa shape index (κ3) is 15.0. The van der Waals surface area contributed by atoms with E-state index in [9.17, 15) is 19.2 Å². The van der Waals surface area contributed by atoms with Gasteiger partial charge in [0.15, 0.2) is 0 Å². The minimum Gasteiger partial charge on any atom is -0.478 e. The van der Waals surface area contributed by atoms with E-state index in [-0.39, 0.29) is 35.0 Å². The van der Waals surface area contributed by atoms with Crippen molar-refractivity contribution in [1.82, 2.24) is 19.8 Å². The van der Waals surface area contributed by atoms with E-state index in [1.54, 1.807) is 24.5 Å². The van der Waals surface area contributed by atoms with E-state index < -0.39 is 11.9 Å². The molecule has 0 bridgehead atoms. The van der Waals surface area contributed by atoms with Crippen molar-refractivity contribution in [3.05, 3.63) is 107 Å². The maximum Gasteiger partial charge on any atom is 0.337 e. The van der Waals surface area contributed by atoms with Gasteiger partial charge in [-0.25, -0.2) is 9.59 Å². The number of carbonyl (C=O) groups excluding carboxylic acids is 2. The number of unbranched alkanes of at least 4 members (excludes halogenated alkanes) is 1. The molecule has 0 aromatic carbocycles. The number of aromatic carboxylic acids is 2. The SMILES string of the molecule is CCC/C(C)=C/C=C/[C@H]1CCC(=O)N1CCCc1cncc(C(=O)O)c1.CCCC/C(C)=C/C=C\[C@H]1CCC(=O)N1CCCc1cncc(C(=O)O)c1. The molecule has 2 saturated heterocycles. The second-order valence-corrected chi connectivity index (χ2v) is 14.0. The number of hydrogen-bond acceptors (Lipinski definition) is 6. The molecule has 2 aliphatic rings. The Kier molecular flexibility index (Phi) is 18.4. The molecule has 10 nitrogen and oxygen atoms in total. The van der Waals surface area contributed by atoms with Crippen molar-refractivity contribution >= 4 is 23.8 Å². The van der Waals surface area contributed by atoms with Crippen LogP contribution in [0.5, 0.6) is 0 Å². The van der Waals surface area contributed by atoms with Gasteiger partial charge in [0.25, 0.3) is 0 Å². The van der Waals surface area contributed by atoms with Crippen molar-refractivity contribution in [1.29, 1.82) is 0 Å². The summed E-state index contributed by atoms with van der Waals surface area (Å²) in [5, 5.41) is 18.1. The van der Waals surface area contributed by atoms with Crippen molar-refractivity contribution in [3.63, 3.8) is 0 Å². The number of nitrogens with zero attached hydrogens (tertiary/aromatic N) is 4. The van der Waals surface area contributed by atoms with Gasteiger partial charge < -0.3 is 20.0 Å². The summed E-state index contributed by atoms with van der Waals surface area (Å²) in [6.07, 6.45) is 30.5. The number of carbonyl (C=O) groups is 4. The molecular formula is C43H58N4O6. The summed E-state index contributed by atoms with van der Waals surface area (Å²) in [6.45, 7) is 10.0. The lowest BCUT2D eigenvalue weighted by Gasteiger charge is -2.22. The van der Waals surface area contributed by atoms with Gasteiger partial charge in [-0.1, -0.05) is 74.3 Å². The van der Waals surface area contributed by atoms with Crippen LogP contribution in [0.15, 0.2) is 84.5 Å². The van der Waals surface area contributed by atoms with E-state index in [4.69, 9.17) is 10.2 Å². The van der Waals surface area contributed by atoms with Crippen LogP contribution in [0.1, 0.15) is 130 Å². The molecule has 4 heterocycles. The van der Waals surface area contributed by atoms with Crippen LogP contribution >= 0.6 is 0 Å². The van der Waals surface area contributed by atoms with Crippen LogP contribution in [-0.4, -0.2) is 78.9 Å². The molecular weight excluding hydrogens is 668 g/mol. The molecule has 2 aromatic rings. The molecule has 0 saturated carbocycles. The molecule has 286 valence electrons. The highest BCUT2D eigenvalue weighted by molar-refractivity contribution is 5.87. The van der Waals surface area contributed by atoms with Gasteiger partial charge in [-0.05, 0) is 94.9 Å². The maximum atomic E-state index is 12.2. The Hall–Kier alpha value is -4.86. The van der Waals surface area contributed by atoms with Crippen LogP contribution in [0.25, 0.3) is 0 Å². The number of allylic oxidation sites excluding steroid dienone is 6. The molecule has 2 atom stereocenters. The number of pyridine rings is 2. The van der Waals surface area contributed by atoms with Crippen LogP contribution in [-0.2, 0) is 22.4 Å². The van der Waals surface area contributed by atoms with Gasteiger partial charge in [0, 0.05) is 50.7 Å². The first-order chi connectivity index (χ1) is 25.5. The Labute approximate surface area is 315 Å². The zero-order valence-corrected chi connectivity index (χ0v) is 32.0. The van der Waals surface area contributed by atoms with Crippen LogP contribution < -0.4 is 0 Å². The van der Waals surface area contributed by atoms with E-state index in [1.165, 1.54) is 36.4 Å². The molecule has 2 amide bonds. The van der Waals surface area contributed by atoms with Crippen molar-refractivity contribution in [2.45, 2.75) is 123 Å². The van der Waals surface area contributed by atoms with Gasteiger partial charge in [0.1, 0.15) is 0 Å². The predicted octanol–water partition coefficient (Wildman–Crippen LogP) is 8.40. The number of likely N-dealkylation sites (tertiary alicyclic amines) is 2. The van der Waals surface area contributed by atoms with Gasteiger partial charge in [-0.3, -0.25) is 19.6 Å². The van der Waals surface area contributed by atoms with Crippen LogP contribution in [0.2, 0.25) is 0 Å². The molecule has 2 N–H and O–H groups in total. The Morgan fingerprint density at radius 1 is 0.698 bits per heavy atom. The van der Waals surface area contributed by atoms with Crippen molar-refractivity contribution < 1.29 is 29.4 Å². The fourth-order valence-corrected chi connectivity index (χ4v) is 6.60. The summed E-state index contributed by atoms with van der Waals surface area (Å²) in [5.74, 6) is -1.53. The first-order valence-corrected chi connectivity index (χ1v) is 19.1. The Morgan fingerprint density at radius 2 is 1.15 bits per heavy atom. The average molecular weight is 727 g/mol. The Balaban J connectivity index is 0.000000286. The number of rotatable bonds is 19. The monoisotopic (exact) mass is 726 g/mol. The van der Waals surface area contributed by atoms with E-state index in [0.29, 0.717) is 38.8 Å². The quantitative estimate of drug-likeness (QED) is 0.138. The standard InChI is InChI=1S/C22H30N2O3.C21H28N2O3/c1-3-4-7-17(2)8-5-10-20-11-12-21(25)24(20)13-6-9-18-14-19(22(26)27)16-23-15-18;1-3-6-16(2)7-4-9-19-10-11-20(24)23(19)12-5-8-17-13-18(21(25)26)15-22-14-17/h5,8,10,14-16,20H,3-4,6-7,9,11-13H2,1-2H3,(H,26,27);4,7,9,13-15,19H,3,5-6,8,10-12H2,1-2H3,(H,25,26)/b10-5-,17-8+;9-4+,16-7+/t20-;19-/m00/s1. The van der Waals surface area contributed by atoms with E-state index in [2.05, 4.69) is 74.1 Å². The molecule has 4 rings (SSSR count). The number of aromatic nitrogens is 2. The molecule has 2 aromatic heterocycles. The first-order valence-electron chi connectivity index (χ1n) is 19.1. The van der Waals surface area contributed by atoms with Crippen LogP contribution in [0.4, 0.5) is 0 Å². The normalized spacial score (nSPS) is 18.0. The van der Waals surface area contributed by atoms with E-state index >= 15 is 0 Å². The highest BCUT2D eigenvalue weighted by Crippen LogP contribution is 2.22. The smallest absolute Gasteiger partial charge is 0.337 e. The summed E-state index contributed by atoms with van der Waals surface area (Å²) in [6, 6.07) is 3.63. The minimum absolute atomic E-state index is 0.163. The number of hydrogen-bond donors (Lipinski definition) is 2. The summed E-state index contributed by atoms with van der Waals surface area (Å²) >= 11 is 0. The fraction of sp³-hybridized carbons (Fsp3) is 0.488. The van der Waals surface area contributed by atoms with Gasteiger partial charge in [0.2, 0.25) is 11.8 Å². The largest absolute Gasteiger partial charge is 0.478 e. The molecule has 2 fully saturated rings. The second kappa shape index (κ2) is 22.9. The lowest BCUT2D eigenvalue weighted by molar-refractivity contribution is -0.129. The van der Waals surface area contributed by atoms with Gasteiger partial charge in [-0.2, -0.15) is 0 Å². The third-order valence-electron chi connectivity index (χ3n) is 9.56. The lowest BCUT2D eigenvalue weighted by atomic mass is 10.1. The van der Waals surface area contributed by atoms with E-state index in [1.807, 2.05) is 9.80 Å². The first kappa shape index (κ1) is 42.6. The number of amides is 2. The Bertz CT molecular complexity index is 1640. The summed E-state index contributed by atoms with van der Waals surface area (Å²) in [5.41, 5.74) is 4.91. The van der Waals surface area contributed by atoms with E-state index in [0.717, 1.165) is 56.1 Å². The highest BCUT2D eigenvalue weighted by Gasteiger charge is 2.29. The van der Waals surface area contributed by atoms with Crippen LogP contribution in [0, 0.1) is 0 Å². The molecule has 0 radical (unpaired) electrons. The number of aryl methyl sites for hydroxylation is 2. The summed E-state index contributed by atoms with van der Waals surface area (Å²) in [4.78, 5) is 58.2. The van der Waals surface area contributed by atoms with Crippen molar-refractivity contribution in [2.75, 3.05) is 13.1 Å². The number of carboxylic acid groups (broad SMARTS) is 2. The van der Waals surface area contributed by atoms with Crippen molar-refractivity contribution in [2.24, 2.45) is 0 Å². The zero-order chi connectivity index (χ0) is 38.6. The minimum atomic E-state index is -0.967. The van der Waals surface area contributed by atoms with Crippen LogP contribution in [0.3, 0.4) is 0 Å². The molecule has 53 heavy (non-hydrogen) atoms. The topological polar surface area (TPSA) is 141 Å². The summed E-state index contributed by atoms with van der Waals surface area (Å²) in [7, 11) is 0. The zero-order valence-electron chi connectivity index (χ0n) is 32.0. The second-order valence-electron chi connectivity index (χ2n) is 14.0.